The van der Waals surface area contributed by atoms with E-state index in [9.17, 15) is 8.42 Å². The summed E-state index contributed by atoms with van der Waals surface area (Å²) in [6, 6.07) is 9.50. The molecule has 4 unspecified atom stereocenters. The van der Waals surface area contributed by atoms with Gasteiger partial charge in [0.05, 0.1) is 4.90 Å². The Balaban J connectivity index is 1.70. The van der Waals surface area contributed by atoms with Crippen molar-refractivity contribution in [1.29, 1.82) is 0 Å². The second kappa shape index (κ2) is 3.12. The van der Waals surface area contributed by atoms with Crippen molar-refractivity contribution in [3.8, 4) is 0 Å². The van der Waals surface area contributed by atoms with Gasteiger partial charge in [0, 0.05) is 12.1 Å². The topological polar surface area (TPSA) is 37.1 Å². The molecule has 0 amide bonds. The SMILES string of the molecule is O=S(=O)(c1ccccc1)N1C2C3CCC(C3)C21. The molecule has 1 heterocycles. The minimum Gasteiger partial charge on any atom is -0.207 e. The first kappa shape index (κ1) is 10.1. The van der Waals surface area contributed by atoms with Crippen LogP contribution in [0.3, 0.4) is 0 Å². The molecule has 4 atom stereocenters. The average Bonchev–Trinajstić information content (AvgIpc) is 2.83. The third kappa shape index (κ3) is 1.23. The molecule has 1 aliphatic heterocycles. The lowest BCUT2D eigenvalue weighted by Crippen LogP contribution is -2.21. The lowest BCUT2D eigenvalue weighted by atomic mass is 10.0. The largest absolute Gasteiger partial charge is 0.243 e. The zero-order chi connectivity index (χ0) is 11.6. The third-order valence-corrected chi connectivity index (χ3v) is 6.56. The fourth-order valence-corrected chi connectivity index (χ4v) is 5.85. The highest BCUT2D eigenvalue weighted by Crippen LogP contribution is 2.60. The van der Waals surface area contributed by atoms with Gasteiger partial charge in [-0.2, -0.15) is 4.31 Å². The van der Waals surface area contributed by atoms with E-state index in [0.29, 0.717) is 28.8 Å². The predicted octanol–water partition coefficient (Wildman–Crippen LogP) is 1.86. The van der Waals surface area contributed by atoms with Gasteiger partial charge in [0.2, 0.25) is 10.0 Å². The predicted molar refractivity (Wildman–Crippen MR) is 63.9 cm³/mol. The molecule has 2 aliphatic carbocycles. The standard InChI is InChI=1S/C13H15NO2S/c15-17(16,11-4-2-1-3-5-11)14-12-9-6-7-10(8-9)13(12)14/h1-5,9-10,12-13H,6-8H2. The Morgan fingerprint density at radius 1 is 1.00 bits per heavy atom. The number of nitrogens with zero attached hydrogens (tertiary/aromatic N) is 1. The van der Waals surface area contributed by atoms with Crippen LogP contribution in [0.15, 0.2) is 35.2 Å². The van der Waals surface area contributed by atoms with Gasteiger partial charge in [-0.1, -0.05) is 18.2 Å². The molecule has 2 saturated carbocycles. The minimum absolute atomic E-state index is 0.332. The highest BCUT2D eigenvalue weighted by atomic mass is 32.2. The van der Waals surface area contributed by atoms with Gasteiger partial charge in [-0.05, 0) is 43.2 Å². The number of hydrogen-bond donors (Lipinski definition) is 0. The number of benzene rings is 1. The maximum absolute atomic E-state index is 12.5. The fraction of sp³-hybridized carbons (Fsp3) is 0.538. The lowest BCUT2D eigenvalue weighted by molar-refractivity contribution is 0.447. The molecular formula is C13H15NO2S. The van der Waals surface area contributed by atoms with E-state index in [0.717, 1.165) is 0 Å². The monoisotopic (exact) mass is 249 g/mol. The van der Waals surface area contributed by atoms with Gasteiger partial charge < -0.3 is 0 Å². The molecule has 1 aromatic rings. The zero-order valence-corrected chi connectivity index (χ0v) is 10.3. The molecule has 90 valence electrons. The van der Waals surface area contributed by atoms with Crippen LogP contribution >= 0.6 is 0 Å². The Kier molecular flexibility index (Phi) is 1.85. The quantitative estimate of drug-likeness (QED) is 0.750. The van der Waals surface area contributed by atoms with Crippen LogP contribution in [0.2, 0.25) is 0 Å². The van der Waals surface area contributed by atoms with Gasteiger partial charge >= 0.3 is 0 Å². The summed E-state index contributed by atoms with van der Waals surface area (Å²) in [5.74, 6) is 1.28. The van der Waals surface area contributed by atoms with Crippen LogP contribution in [0.5, 0.6) is 0 Å². The van der Waals surface area contributed by atoms with Gasteiger partial charge in [-0.25, -0.2) is 8.42 Å². The second-order valence-corrected chi connectivity index (χ2v) is 7.31. The smallest absolute Gasteiger partial charge is 0.207 e. The molecule has 0 aromatic heterocycles. The van der Waals surface area contributed by atoms with Crippen LogP contribution in [0.4, 0.5) is 0 Å². The summed E-state index contributed by atoms with van der Waals surface area (Å²) in [5, 5.41) is 0. The van der Waals surface area contributed by atoms with E-state index in [1.807, 2.05) is 6.07 Å². The van der Waals surface area contributed by atoms with Crippen LogP contribution < -0.4 is 0 Å². The fourth-order valence-electron chi connectivity index (χ4n) is 3.93. The molecule has 0 radical (unpaired) electrons. The van der Waals surface area contributed by atoms with E-state index >= 15 is 0 Å². The molecule has 3 nitrogen and oxygen atoms in total. The van der Waals surface area contributed by atoms with Crippen molar-refractivity contribution in [2.75, 3.05) is 0 Å². The molecule has 4 rings (SSSR count). The van der Waals surface area contributed by atoms with Gasteiger partial charge in [0.15, 0.2) is 0 Å². The zero-order valence-electron chi connectivity index (χ0n) is 9.49. The van der Waals surface area contributed by atoms with E-state index in [-0.39, 0.29) is 0 Å². The average molecular weight is 249 g/mol. The summed E-state index contributed by atoms with van der Waals surface area (Å²) in [7, 11) is -3.22. The number of hydrogen-bond acceptors (Lipinski definition) is 2. The summed E-state index contributed by atoms with van der Waals surface area (Å²) >= 11 is 0. The maximum Gasteiger partial charge on any atom is 0.243 e. The van der Waals surface area contributed by atoms with Crippen LogP contribution in [0, 0.1) is 11.8 Å². The molecule has 2 bridgehead atoms. The van der Waals surface area contributed by atoms with Crippen molar-refractivity contribution >= 4 is 10.0 Å². The molecule has 17 heavy (non-hydrogen) atoms. The molecule has 3 aliphatic rings. The normalized spacial score (nSPS) is 42.5. The molecule has 1 aromatic carbocycles. The third-order valence-electron chi connectivity index (χ3n) is 4.65. The Labute approximate surface area is 101 Å². The maximum atomic E-state index is 12.5. The Morgan fingerprint density at radius 2 is 1.59 bits per heavy atom. The first-order valence-electron chi connectivity index (χ1n) is 6.28. The first-order valence-corrected chi connectivity index (χ1v) is 7.72. The van der Waals surface area contributed by atoms with E-state index < -0.39 is 10.0 Å². The van der Waals surface area contributed by atoms with E-state index in [1.54, 1.807) is 28.6 Å². The summed E-state index contributed by atoms with van der Waals surface area (Å²) in [6.45, 7) is 0. The highest BCUT2D eigenvalue weighted by molar-refractivity contribution is 7.89. The first-order chi connectivity index (χ1) is 8.19. The van der Waals surface area contributed by atoms with Crippen LogP contribution in [-0.4, -0.2) is 24.8 Å². The Hall–Kier alpha value is -0.870. The van der Waals surface area contributed by atoms with Crippen molar-refractivity contribution in [2.24, 2.45) is 11.8 Å². The number of piperidine rings is 1. The van der Waals surface area contributed by atoms with Crippen molar-refractivity contribution in [3.05, 3.63) is 30.3 Å². The van der Waals surface area contributed by atoms with Gasteiger partial charge in [0.1, 0.15) is 0 Å². The Morgan fingerprint density at radius 3 is 2.18 bits per heavy atom. The Bertz CT molecular complexity index is 538. The molecule has 4 heteroatoms. The lowest BCUT2D eigenvalue weighted by Gasteiger charge is -2.12. The van der Waals surface area contributed by atoms with E-state index in [1.165, 1.54) is 19.3 Å². The van der Waals surface area contributed by atoms with E-state index in [4.69, 9.17) is 0 Å². The summed E-state index contributed by atoms with van der Waals surface area (Å²) in [6.07, 6.45) is 3.72. The minimum atomic E-state index is -3.22. The van der Waals surface area contributed by atoms with Crippen molar-refractivity contribution in [2.45, 2.75) is 36.2 Å². The second-order valence-electron chi connectivity index (χ2n) is 5.46. The number of fused-ring (bicyclic) bond motifs is 5. The number of rotatable bonds is 2. The number of sulfonamides is 1. The van der Waals surface area contributed by atoms with Gasteiger partial charge in [-0.15, -0.1) is 0 Å². The molecular weight excluding hydrogens is 234 g/mol. The van der Waals surface area contributed by atoms with Crippen LogP contribution in [0.25, 0.3) is 0 Å². The van der Waals surface area contributed by atoms with Crippen LogP contribution in [0.1, 0.15) is 19.3 Å². The highest BCUT2D eigenvalue weighted by Gasteiger charge is 2.68. The van der Waals surface area contributed by atoms with Gasteiger partial charge in [-0.3, -0.25) is 0 Å². The van der Waals surface area contributed by atoms with E-state index in [2.05, 4.69) is 0 Å². The van der Waals surface area contributed by atoms with Gasteiger partial charge in [0.25, 0.3) is 0 Å². The van der Waals surface area contributed by atoms with Crippen LogP contribution in [-0.2, 0) is 10.0 Å². The summed E-state index contributed by atoms with van der Waals surface area (Å²) in [5.41, 5.74) is 0. The summed E-state index contributed by atoms with van der Waals surface area (Å²) in [4.78, 5) is 0.453. The molecule has 3 fully saturated rings. The van der Waals surface area contributed by atoms with Crippen molar-refractivity contribution in [3.63, 3.8) is 0 Å². The van der Waals surface area contributed by atoms with Crippen molar-refractivity contribution in [1.82, 2.24) is 4.31 Å². The molecule has 1 saturated heterocycles. The molecule has 0 spiro atoms. The summed E-state index contributed by atoms with van der Waals surface area (Å²) < 4.78 is 26.7. The van der Waals surface area contributed by atoms with Crippen molar-refractivity contribution < 1.29 is 8.42 Å². The molecule has 0 N–H and O–H groups in total.